The van der Waals surface area contributed by atoms with Crippen LogP contribution in [0.25, 0.3) is 22.9 Å². The Morgan fingerprint density at radius 2 is 1.91 bits per heavy atom. The van der Waals surface area contributed by atoms with Crippen molar-refractivity contribution in [2.24, 2.45) is 5.92 Å². The van der Waals surface area contributed by atoms with E-state index in [2.05, 4.69) is 30.9 Å². The molecule has 180 valence electrons. The van der Waals surface area contributed by atoms with E-state index in [0.717, 1.165) is 47.9 Å². The van der Waals surface area contributed by atoms with Gasteiger partial charge in [-0.05, 0) is 49.4 Å². The molecule has 0 amide bonds. The fourth-order valence-electron chi connectivity index (χ4n) is 4.64. The maximum Gasteiger partial charge on any atom is 0.250 e. The first kappa shape index (κ1) is 23.0. The minimum atomic E-state index is 0.142. The van der Waals surface area contributed by atoms with Crippen molar-refractivity contribution in [3.63, 3.8) is 0 Å². The maximum atomic E-state index is 9.11. The van der Waals surface area contributed by atoms with Crippen LogP contribution in [0.4, 0.5) is 11.4 Å². The van der Waals surface area contributed by atoms with Crippen molar-refractivity contribution >= 4 is 23.3 Å². The van der Waals surface area contributed by atoms with E-state index in [4.69, 9.17) is 14.3 Å². The largest absolute Gasteiger partial charge is 0.478 e. The van der Waals surface area contributed by atoms with Crippen LogP contribution in [0, 0.1) is 5.92 Å². The van der Waals surface area contributed by atoms with Gasteiger partial charge in [-0.2, -0.15) is 0 Å². The van der Waals surface area contributed by atoms with E-state index in [0.29, 0.717) is 30.0 Å². The first-order valence-electron chi connectivity index (χ1n) is 12.1. The molecule has 0 unspecified atom stereocenters. The first-order chi connectivity index (χ1) is 16.8. The van der Waals surface area contributed by atoms with E-state index in [1.54, 1.807) is 6.20 Å². The molecule has 0 atom stereocenters. The molecule has 0 aliphatic carbocycles. The van der Waals surface area contributed by atoms with Crippen molar-refractivity contribution < 1.29 is 14.3 Å². The zero-order valence-corrected chi connectivity index (χ0v) is 20.1. The minimum absolute atomic E-state index is 0.142. The molecule has 34 heavy (non-hydrogen) atoms. The molecule has 3 aliphatic rings. The lowest BCUT2D eigenvalue weighted by molar-refractivity contribution is 0.288. The number of hydrogen-bond acceptors (Lipinski definition) is 9. The average Bonchev–Trinajstić information content (AvgIpc) is 3.37. The fraction of sp³-hybridized carbons (Fsp3) is 0.480. The summed E-state index contributed by atoms with van der Waals surface area (Å²) >= 11 is 1.50. The van der Waals surface area contributed by atoms with E-state index >= 15 is 0 Å². The fourth-order valence-corrected chi connectivity index (χ4v) is 5.13. The van der Waals surface area contributed by atoms with Gasteiger partial charge in [0.1, 0.15) is 0 Å². The van der Waals surface area contributed by atoms with E-state index in [1.807, 2.05) is 24.3 Å². The smallest absolute Gasteiger partial charge is 0.250 e. The normalized spacial score (nSPS) is 16.9. The third-order valence-electron chi connectivity index (χ3n) is 6.48. The number of aliphatic hydroxyl groups excluding tert-OH is 1. The molecular formula is C25H31N5O3S. The van der Waals surface area contributed by atoms with Crippen LogP contribution in [0.1, 0.15) is 38.5 Å². The van der Waals surface area contributed by atoms with Gasteiger partial charge in [0.2, 0.25) is 17.7 Å². The lowest BCUT2D eigenvalue weighted by Gasteiger charge is -2.34. The second-order valence-corrected chi connectivity index (χ2v) is 9.73. The monoisotopic (exact) mass is 481 g/mol. The lowest BCUT2D eigenvalue weighted by Crippen LogP contribution is -2.34. The molecule has 8 nitrogen and oxygen atoms in total. The topological polar surface area (TPSA) is 96.5 Å². The van der Waals surface area contributed by atoms with Crippen molar-refractivity contribution in [1.29, 1.82) is 0 Å². The molecule has 3 aliphatic heterocycles. The summed E-state index contributed by atoms with van der Waals surface area (Å²) in [4.78, 5) is 6.77. The van der Waals surface area contributed by atoms with Crippen molar-refractivity contribution in [2.75, 3.05) is 41.7 Å². The van der Waals surface area contributed by atoms with Gasteiger partial charge < -0.3 is 23.9 Å². The lowest BCUT2D eigenvalue weighted by atomic mass is 9.90. The van der Waals surface area contributed by atoms with E-state index in [9.17, 15) is 0 Å². The standard InChI is InChI=1S/C25H31N5O3S/c31-13-15-34-29-20-5-6-21-22(17-20)30-11-8-18(9-12-30)4-2-1-3-14-32-23-16-19(7-10-26-23)24-27-28-25(21)33-24/h5-7,10,16-18,29,31H,1-4,8-9,11-15H2. The molecule has 9 heteroatoms. The highest BCUT2D eigenvalue weighted by molar-refractivity contribution is 8.00. The number of anilines is 2. The SMILES string of the molecule is OCCSNc1ccc2c(c1)N1CCC(CCCCCOc3cc(ccn3)-c3nnc-2o3)CC1. The number of fused-ring (bicyclic) bond motifs is 7. The maximum absolute atomic E-state index is 9.11. The number of aromatic nitrogens is 3. The zero-order valence-electron chi connectivity index (χ0n) is 19.3. The Morgan fingerprint density at radius 3 is 2.79 bits per heavy atom. The summed E-state index contributed by atoms with van der Waals surface area (Å²) in [6.07, 6.45) is 8.83. The molecule has 5 heterocycles. The molecule has 0 spiro atoms. The van der Waals surface area contributed by atoms with Gasteiger partial charge in [0.15, 0.2) is 0 Å². The summed E-state index contributed by atoms with van der Waals surface area (Å²) in [6, 6.07) is 9.93. The van der Waals surface area contributed by atoms with E-state index in [-0.39, 0.29) is 6.61 Å². The number of ether oxygens (including phenoxy) is 1. The Labute approximate surface area is 204 Å². The minimum Gasteiger partial charge on any atom is -0.478 e. The van der Waals surface area contributed by atoms with Gasteiger partial charge >= 0.3 is 0 Å². The van der Waals surface area contributed by atoms with Crippen LogP contribution in [0.3, 0.4) is 0 Å². The molecule has 1 saturated heterocycles. The summed E-state index contributed by atoms with van der Waals surface area (Å²) in [5.74, 6) is 2.94. The average molecular weight is 482 g/mol. The Kier molecular flexibility index (Phi) is 7.50. The number of piperidine rings is 1. The number of benzene rings is 1. The second kappa shape index (κ2) is 11.1. The van der Waals surface area contributed by atoms with Gasteiger partial charge in [-0.1, -0.05) is 31.2 Å². The molecule has 0 radical (unpaired) electrons. The van der Waals surface area contributed by atoms with Crippen LogP contribution in [0.5, 0.6) is 5.88 Å². The van der Waals surface area contributed by atoms with Crippen LogP contribution >= 0.6 is 11.9 Å². The zero-order chi connectivity index (χ0) is 23.2. The summed E-state index contributed by atoms with van der Waals surface area (Å²) < 4.78 is 15.4. The van der Waals surface area contributed by atoms with Gasteiger partial charge in [-0.3, -0.25) is 0 Å². The van der Waals surface area contributed by atoms with Gasteiger partial charge in [-0.25, -0.2) is 4.98 Å². The predicted molar refractivity (Wildman–Crippen MR) is 135 cm³/mol. The number of hydrogen-bond donors (Lipinski definition) is 2. The van der Waals surface area contributed by atoms with Crippen LogP contribution in [0.2, 0.25) is 0 Å². The number of nitrogens with one attached hydrogen (secondary N) is 1. The molecule has 1 aromatic carbocycles. The number of pyridine rings is 1. The third-order valence-corrected chi connectivity index (χ3v) is 7.25. The Bertz CT molecular complexity index is 1080. The molecule has 6 rings (SSSR count). The van der Waals surface area contributed by atoms with Crippen LogP contribution in [-0.2, 0) is 0 Å². The number of aliphatic hydroxyl groups is 1. The van der Waals surface area contributed by atoms with Crippen molar-refractivity contribution in [2.45, 2.75) is 38.5 Å². The van der Waals surface area contributed by atoms with Crippen molar-refractivity contribution in [1.82, 2.24) is 15.2 Å². The molecule has 3 aromatic rings. The molecule has 2 aromatic heterocycles. The Hall–Kier alpha value is -2.78. The van der Waals surface area contributed by atoms with Crippen LogP contribution in [-0.4, -0.2) is 52.3 Å². The molecule has 1 fully saturated rings. The molecule has 2 N–H and O–H groups in total. The highest BCUT2D eigenvalue weighted by Gasteiger charge is 2.24. The van der Waals surface area contributed by atoms with Gasteiger partial charge in [0.25, 0.3) is 0 Å². The van der Waals surface area contributed by atoms with Crippen LogP contribution in [0.15, 0.2) is 40.9 Å². The van der Waals surface area contributed by atoms with Crippen LogP contribution < -0.4 is 14.4 Å². The van der Waals surface area contributed by atoms with E-state index in [1.165, 1.54) is 44.1 Å². The Balaban J connectivity index is 1.49. The van der Waals surface area contributed by atoms with Gasteiger partial charge in [0, 0.05) is 42.4 Å². The summed E-state index contributed by atoms with van der Waals surface area (Å²) in [5.41, 5.74) is 3.83. The highest BCUT2D eigenvalue weighted by atomic mass is 32.2. The molecule has 6 bridgehead atoms. The molecular weight excluding hydrogens is 450 g/mol. The first-order valence-corrected chi connectivity index (χ1v) is 13.1. The quantitative estimate of drug-likeness (QED) is 0.393. The number of rotatable bonds is 4. The second-order valence-electron chi connectivity index (χ2n) is 8.83. The van der Waals surface area contributed by atoms with Gasteiger partial charge in [-0.15, -0.1) is 10.2 Å². The summed E-state index contributed by atoms with van der Waals surface area (Å²) in [5, 5.41) is 17.8. The van der Waals surface area contributed by atoms with Gasteiger partial charge in [0.05, 0.1) is 24.5 Å². The highest BCUT2D eigenvalue weighted by Crippen LogP contribution is 2.37. The van der Waals surface area contributed by atoms with E-state index < -0.39 is 0 Å². The predicted octanol–water partition coefficient (Wildman–Crippen LogP) is 5.02. The molecule has 0 saturated carbocycles. The Morgan fingerprint density at radius 1 is 1.03 bits per heavy atom. The number of nitrogens with zero attached hydrogens (tertiary/aromatic N) is 4. The van der Waals surface area contributed by atoms with Crippen molar-refractivity contribution in [3.05, 3.63) is 36.5 Å². The van der Waals surface area contributed by atoms with Crippen molar-refractivity contribution in [3.8, 4) is 28.8 Å². The summed E-state index contributed by atoms with van der Waals surface area (Å²) in [6.45, 7) is 2.85. The summed E-state index contributed by atoms with van der Waals surface area (Å²) in [7, 11) is 0. The third kappa shape index (κ3) is 5.47.